The SMILES string of the molecule is Cn1ccnc1CCNC(=O)C1NCCc2ccccc21. The number of aromatic nitrogens is 2. The van der Waals surface area contributed by atoms with Crippen molar-refractivity contribution in [1.82, 2.24) is 20.2 Å². The Labute approximate surface area is 124 Å². The average Bonchev–Trinajstić information content (AvgIpc) is 2.92. The van der Waals surface area contributed by atoms with Gasteiger partial charge in [-0.3, -0.25) is 4.79 Å². The van der Waals surface area contributed by atoms with E-state index in [9.17, 15) is 4.79 Å². The van der Waals surface area contributed by atoms with E-state index < -0.39 is 0 Å². The molecule has 0 saturated carbocycles. The second-order valence-corrected chi connectivity index (χ2v) is 5.33. The van der Waals surface area contributed by atoms with Gasteiger partial charge >= 0.3 is 0 Å². The van der Waals surface area contributed by atoms with Gasteiger partial charge in [-0.15, -0.1) is 0 Å². The second kappa shape index (κ2) is 6.10. The molecule has 2 aromatic rings. The van der Waals surface area contributed by atoms with E-state index in [1.54, 1.807) is 6.20 Å². The summed E-state index contributed by atoms with van der Waals surface area (Å²) in [5.41, 5.74) is 2.36. The van der Waals surface area contributed by atoms with Crippen LogP contribution in [0.4, 0.5) is 0 Å². The number of rotatable bonds is 4. The Balaban J connectivity index is 1.60. The van der Waals surface area contributed by atoms with Crippen molar-refractivity contribution in [2.75, 3.05) is 13.1 Å². The van der Waals surface area contributed by atoms with Crippen LogP contribution < -0.4 is 10.6 Å². The lowest BCUT2D eigenvalue weighted by atomic mass is 9.94. The summed E-state index contributed by atoms with van der Waals surface area (Å²) in [5, 5.41) is 6.30. The van der Waals surface area contributed by atoms with Crippen molar-refractivity contribution in [3.63, 3.8) is 0 Å². The zero-order chi connectivity index (χ0) is 14.7. The summed E-state index contributed by atoms with van der Waals surface area (Å²) >= 11 is 0. The molecule has 21 heavy (non-hydrogen) atoms. The maximum absolute atomic E-state index is 12.4. The van der Waals surface area contributed by atoms with Crippen molar-refractivity contribution in [3.05, 3.63) is 53.6 Å². The molecule has 1 aromatic heterocycles. The highest BCUT2D eigenvalue weighted by Gasteiger charge is 2.25. The number of nitrogens with one attached hydrogen (secondary N) is 2. The van der Waals surface area contributed by atoms with E-state index in [0.29, 0.717) is 6.54 Å². The predicted molar refractivity (Wildman–Crippen MR) is 80.8 cm³/mol. The number of fused-ring (bicyclic) bond motifs is 1. The van der Waals surface area contributed by atoms with E-state index in [1.807, 2.05) is 36.0 Å². The highest BCUT2D eigenvalue weighted by atomic mass is 16.2. The number of hydrogen-bond acceptors (Lipinski definition) is 3. The van der Waals surface area contributed by atoms with Crippen LogP contribution in [0.2, 0.25) is 0 Å². The van der Waals surface area contributed by atoms with Crippen LogP contribution in [-0.4, -0.2) is 28.5 Å². The quantitative estimate of drug-likeness (QED) is 0.879. The topological polar surface area (TPSA) is 59.0 Å². The largest absolute Gasteiger partial charge is 0.354 e. The summed E-state index contributed by atoms with van der Waals surface area (Å²) in [6, 6.07) is 7.91. The summed E-state index contributed by atoms with van der Waals surface area (Å²) in [5.74, 6) is 1.02. The molecular weight excluding hydrogens is 264 g/mol. The zero-order valence-corrected chi connectivity index (χ0v) is 12.2. The van der Waals surface area contributed by atoms with Crippen molar-refractivity contribution in [3.8, 4) is 0 Å². The molecule has 3 rings (SSSR count). The maximum atomic E-state index is 12.4. The van der Waals surface area contributed by atoms with E-state index >= 15 is 0 Å². The molecule has 0 radical (unpaired) electrons. The van der Waals surface area contributed by atoms with Crippen LogP contribution in [0, 0.1) is 0 Å². The highest BCUT2D eigenvalue weighted by molar-refractivity contribution is 5.83. The average molecular weight is 284 g/mol. The Kier molecular flexibility index (Phi) is 4.01. The molecule has 2 N–H and O–H groups in total. The monoisotopic (exact) mass is 284 g/mol. The molecule has 5 heteroatoms. The summed E-state index contributed by atoms with van der Waals surface area (Å²) in [4.78, 5) is 16.6. The summed E-state index contributed by atoms with van der Waals surface area (Å²) < 4.78 is 1.97. The van der Waals surface area contributed by atoms with Crippen LogP contribution in [0.25, 0.3) is 0 Å². The molecule has 1 atom stereocenters. The number of nitrogens with zero attached hydrogens (tertiary/aromatic N) is 2. The first-order valence-corrected chi connectivity index (χ1v) is 7.31. The van der Waals surface area contributed by atoms with Crippen LogP contribution in [0.1, 0.15) is 23.0 Å². The normalized spacial score (nSPS) is 17.3. The summed E-state index contributed by atoms with van der Waals surface area (Å²) in [6.07, 6.45) is 5.41. The van der Waals surface area contributed by atoms with E-state index in [-0.39, 0.29) is 11.9 Å². The molecule has 1 amide bonds. The molecule has 5 nitrogen and oxygen atoms in total. The standard InChI is InChI=1S/C16H20N4O/c1-20-11-10-17-14(20)7-9-19-16(21)15-13-5-3-2-4-12(13)6-8-18-15/h2-5,10-11,15,18H,6-9H2,1H3,(H,19,21). The molecular formula is C16H20N4O. The minimum Gasteiger partial charge on any atom is -0.354 e. The van der Waals surface area contributed by atoms with Crippen molar-refractivity contribution >= 4 is 5.91 Å². The van der Waals surface area contributed by atoms with Gasteiger partial charge in [0, 0.05) is 39.0 Å². The third-order valence-electron chi connectivity index (χ3n) is 3.94. The molecule has 0 fully saturated rings. The Morgan fingerprint density at radius 2 is 2.33 bits per heavy atom. The fourth-order valence-corrected chi connectivity index (χ4v) is 2.78. The lowest BCUT2D eigenvalue weighted by Crippen LogP contribution is -2.42. The predicted octanol–water partition coefficient (Wildman–Crippen LogP) is 0.966. The van der Waals surface area contributed by atoms with Crippen LogP contribution >= 0.6 is 0 Å². The van der Waals surface area contributed by atoms with Gasteiger partial charge in [-0.2, -0.15) is 0 Å². The van der Waals surface area contributed by atoms with E-state index in [4.69, 9.17) is 0 Å². The van der Waals surface area contributed by atoms with Gasteiger partial charge in [-0.25, -0.2) is 4.98 Å². The molecule has 110 valence electrons. The molecule has 1 aliphatic heterocycles. The lowest BCUT2D eigenvalue weighted by Gasteiger charge is -2.26. The third kappa shape index (κ3) is 2.97. The third-order valence-corrected chi connectivity index (χ3v) is 3.94. The molecule has 0 spiro atoms. The maximum Gasteiger partial charge on any atom is 0.241 e. The first-order valence-electron chi connectivity index (χ1n) is 7.31. The lowest BCUT2D eigenvalue weighted by molar-refractivity contribution is -0.123. The van der Waals surface area contributed by atoms with Gasteiger partial charge in [-0.1, -0.05) is 24.3 Å². The molecule has 1 aromatic carbocycles. The zero-order valence-electron chi connectivity index (χ0n) is 12.2. The first kappa shape index (κ1) is 13.8. The molecule has 0 aliphatic carbocycles. The molecule has 1 aliphatic rings. The van der Waals surface area contributed by atoms with Gasteiger partial charge < -0.3 is 15.2 Å². The number of aryl methyl sites for hydroxylation is 1. The van der Waals surface area contributed by atoms with Gasteiger partial charge in [-0.05, 0) is 17.5 Å². The van der Waals surface area contributed by atoms with Gasteiger partial charge in [0.2, 0.25) is 5.91 Å². The Hall–Kier alpha value is -2.14. The fourth-order valence-electron chi connectivity index (χ4n) is 2.78. The Morgan fingerprint density at radius 3 is 3.14 bits per heavy atom. The minimum atomic E-state index is -0.240. The van der Waals surface area contributed by atoms with Gasteiger partial charge in [0.1, 0.15) is 11.9 Å². The number of amides is 1. The van der Waals surface area contributed by atoms with E-state index in [1.165, 1.54) is 5.56 Å². The van der Waals surface area contributed by atoms with Crippen molar-refractivity contribution in [2.24, 2.45) is 7.05 Å². The molecule has 1 unspecified atom stereocenters. The fraction of sp³-hybridized carbons (Fsp3) is 0.375. The highest BCUT2D eigenvalue weighted by Crippen LogP contribution is 2.22. The number of carbonyl (C=O) groups excluding carboxylic acids is 1. The van der Waals surface area contributed by atoms with Gasteiger partial charge in [0.25, 0.3) is 0 Å². The van der Waals surface area contributed by atoms with Gasteiger partial charge in [0.05, 0.1) is 0 Å². The van der Waals surface area contributed by atoms with Crippen molar-refractivity contribution < 1.29 is 4.79 Å². The Bertz CT molecular complexity index is 635. The van der Waals surface area contributed by atoms with Crippen LogP contribution in [0.5, 0.6) is 0 Å². The summed E-state index contributed by atoms with van der Waals surface area (Å²) in [7, 11) is 1.96. The smallest absolute Gasteiger partial charge is 0.241 e. The van der Waals surface area contributed by atoms with Crippen molar-refractivity contribution in [2.45, 2.75) is 18.9 Å². The van der Waals surface area contributed by atoms with Crippen LogP contribution in [-0.2, 0) is 24.7 Å². The minimum absolute atomic E-state index is 0.0383. The first-order chi connectivity index (χ1) is 10.3. The number of hydrogen-bond donors (Lipinski definition) is 2. The molecule has 2 heterocycles. The van der Waals surface area contributed by atoms with E-state index in [0.717, 1.165) is 30.8 Å². The van der Waals surface area contributed by atoms with Gasteiger partial charge in [0.15, 0.2) is 0 Å². The van der Waals surface area contributed by atoms with Crippen LogP contribution in [0.3, 0.4) is 0 Å². The molecule has 0 saturated heterocycles. The van der Waals surface area contributed by atoms with Crippen LogP contribution in [0.15, 0.2) is 36.7 Å². The number of imidazole rings is 1. The number of carbonyl (C=O) groups is 1. The Morgan fingerprint density at radius 1 is 1.48 bits per heavy atom. The van der Waals surface area contributed by atoms with Crippen molar-refractivity contribution in [1.29, 1.82) is 0 Å². The molecule has 0 bridgehead atoms. The number of benzene rings is 1. The second-order valence-electron chi connectivity index (χ2n) is 5.33. The van der Waals surface area contributed by atoms with E-state index in [2.05, 4.69) is 21.7 Å². The summed E-state index contributed by atoms with van der Waals surface area (Å²) in [6.45, 7) is 1.44.